The van der Waals surface area contributed by atoms with E-state index in [0.717, 1.165) is 11.2 Å². The van der Waals surface area contributed by atoms with Gasteiger partial charge < -0.3 is 9.47 Å². The average Bonchev–Trinajstić information content (AvgIpc) is 3.05. The summed E-state index contributed by atoms with van der Waals surface area (Å²) in [5, 5.41) is 0.887. The maximum atomic E-state index is 13.7. The number of anilines is 3. The molecule has 0 N–H and O–H groups in total. The van der Waals surface area contributed by atoms with E-state index in [9.17, 15) is 18.4 Å². The van der Waals surface area contributed by atoms with Crippen LogP contribution in [-0.2, 0) is 9.47 Å². The highest BCUT2D eigenvalue weighted by Crippen LogP contribution is 2.39. The zero-order chi connectivity index (χ0) is 31.2. The standard InChI is InChI=1S/C34H29F2N3O4Si/c1-4-44-25-19-26(33(40)42-2)32(27(20-25)34(41)43-3)39(30-9-5-7-28(37-30)21-11-15-23(35)16-12-21)31-10-6-8-29(38-31)22-13-17-24(36)18-14-22/h5-20H,4,44H2,1-3H3. The lowest BCUT2D eigenvalue weighted by Gasteiger charge is -2.28. The molecular formula is C34H29F2N3O4Si. The van der Waals surface area contributed by atoms with Gasteiger partial charge in [-0.3, -0.25) is 4.90 Å². The number of esters is 2. The van der Waals surface area contributed by atoms with Crippen molar-refractivity contribution >= 4 is 44.0 Å². The van der Waals surface area contributed by atoms with Gasteiger partial charge in [0, 0.05) is 11.1 Å². The summed E-state index contributed by atoms with van der Waals surface area (Å²) in [5.41, 5.74) is 2.85. The van der Waals surface area contributed by atoms with Gasteiger partial charge in [-0.05, 0) is 84.9 Å². The van der Waals surface area contributed by atoms with E-state index in [2.05, 4.69) is 6.92 Å². The van der Waals surface area contributed by atoms with Crippen LogP contribution < -0.4 is 10.1 Å². The van der Waals surface area contributed by atoms with Crippen molar-refractivity contribution in [2.45, 2.75) is 13.0 Å². The Morgan fingerprint density at radius 3 is 1.52 bits per heavy atom. The second-order valence-electron chi connectivity index (χ2n) is 9.88. The van der Waals surface area contributed by atoms with Crippen LogP contribution in [0.4, 0.5) is 26.1 Å². The lowest BCUT2D eigenvalue weighted by Crippen LogP contribution is -2.26. The number of ether oxygens (including phenoxy) is 2. The van der Waals surface area contributed by atoms with Crippen molar-refractivity contribution in [1.29, 1.82) is 0 Å². The Bertz CT molecular complexity index is 1690. The van der Waals surface area contributed by atoms with Gasteiger partial charge in [0.25, 0.3) is 0 Å². The van der Waals surface area contributed by atoms with Gasteiger partial charge in [0.1, 0.15) is 23.3 Å². The molecule has 0 spiro atoms. The summed E-state index contributed by atoms with van der Waals surface area (Å²) in [6, 6.07) is 26.8. The van der Waals surface area contributed by atoms with Crippen LogP contribution in [0.15, 0.2) is 97.1 Å². The van der Waals surface area contributed by atoms with E-state index >= 15 is 0 Å². The first-order valence-electron chi connectivity index (χ1n) is 13.9. The zero-order valence-electron chi connectivity index (χ0n) is 24.4. The Morgan fingerprint density at radius 2 is 1.14 bits per heavy atom. The topological polar surface area (TPSA) is 81.6 Å². The molecule has 5 aromatic rings. The van der Waals surface area contributed by atoms with Gasteiger partial charge in [0.2, 0.25) is 0 Å². The molecule has 2 aromatic heterocycles. The van der Waals surface area contributed by atoms with Crippen LogP contribution in [0.3, 0.4) is 0 Å². The third kappa shape index (κ3) is 6.40. The van der Waals surface area contributed by atoms with Crippen molar-refractivity contribution in [3.05, 3.63) is 120 Å². The number of nitrogens with zero attached hydrogens (tertiary/aromatic N) is 3. The Labute approximate surface area is 256 Å². The lowest BCUT2D eigenvalue weighted by atomic mass is 10.0. The molecule has 0 radical (unpaired) electrons. The summed E-state index contributed by atoms with van der Waals surface area (Å²) in [4.78, 5) is 38.1. The molecule has 0 aliphatic heterocycles. The fourth-order valence-corrected chi connectivity index (χ4v) is 6.18. The van der Waals surface area contributed by atoms with E-state index in [0.29, 0.717) is 34.2 Å². The monoisotopic (exact) mass is 609 g/mol. The third-order valence-corrected chi connectivity index (χ3v) is 8.44. The summed E-state index contributed by atoms with van der Waals surface area (Å²) in [6.07, 6.45) is 0. The minimum atomic E-state index is -0.806. The highest BCUT2D eigenvalue weighted by atomic mass is 28.2. The predicted octanol–water partition coefficient (Wildman–Crippen LogP) is 6.36. The van der Waals surface area contributed by atoms with E-state index < -0.39 is 21.5 Å². The number of rotatable bonds is 9. The quantitative estimate of drug-likeness (QED) is 0.142. The number of carbonyl (C=O) groups is 2. The van der Waals surface area contributed by atoms with Crippen molar-refractivity contribution in [3.8, 4) is 22.5 Å². The van der Waals surface area contributed by atoms with Crippen molar-refractivity contribution < 1.29 is 27.8 Å². The first-order chi connectivity index (χ1) is 21.3. The van der Waals surface area contributed by atoms with Gasteiger partial charge >= 0.3 is 11.9 Å². The normalized spacial score (nSPS) is 11.0. The minimum absolute atomic E-state index is 0.148. The molecule has 0 saturated carbocycles. The van der Waals surface area contributed by atoms with E-state index in [4.69, 9.17) is 19.4 Å². The first kappa shape index (κ1) is 30.2. The van der Waals surface area contributed by atoms with Crippen molar-refractivity contribution in [1.82, 2.24) is 9.97 Å². The fourth-order valence-electron chi connectivity index (χ4n) is 4.90. The number of methoxy groups -OCH3 is 2. The second-order valence-corrected chi connectivity index (χ2v) is 12.2. The van der Waals surface area contributed by atoms with Crippen molar-refractivity contribution in [2.24, 2.45) is 0 Å². The van der Waals surface area contributed by atoms with Crippen LogP contribution in [0, 0.1) is 11.6 Å². The van der Waals surface area contributed by atoms with Crippen molar-refractivity contribution in [3.63, 3.8) is 0 Å². The molecule has 0 saturated heterocycles. The molecule has 0 aliphatic rings. The highest BCUT2D eigenvalue weighted by molar-refractivity contribution is 6.53. The molecule has 5 rings (SSSR count). The second kappa shape index (κ2) is 13.4. The van der Waals surface area contributed by atoms with E-state index in [-0.39, 0.29) is 28.4 Å². The van der Waals surface area contributed by atoms with E-state index in [1.807, 2.05) is 0 Å². The summed E-state index contributed by atoms with van der Waals surface area (Å²) >= 11 is 0. The third-order valence-electron chi connectivity index (χ3n) is 6.95. The van der Waals surface area contributed by atoms with Crippen LogP contribution in [0.1, 0.15) is 27.6 Å². The fraction of sp³-hybridized carbons (Fsp3) is 0.118. The molecule has 44 heavy (non-hydrogen) atoms. The van der Waals surface area contributed by atoms with Crippen LogP contribution >= 0.6 is 0 Å². The minimum Gasteiger partial charge on any atom is -0.465 e. The lowest BCUT2D eigenvalue weighted by molar-refractivity contribution is 0.0601. The number of carbonyl (C=O) groups excluding carboxylic acids is 2. The largest absolute Gasteiger partial charge is 0.465 e. The Balaban J connectivity index is 1.82. The van der Waals surface area contributed by atoms with Gasteiger partial charge in [-0.25, -0.2) is 28.3 Å². The van der Waals surface area contributed by atoms with Gasteiger partial charge in [-0.2, -0.15) is 0 Å². The van der Waals surface area contributed by atoms with Crippen LogP contribution in [-0.4, -0.2) is 45.6 Å². The number of aromatic nitrogens is 2. The number of halogens is 2. The van der Waals surface area contributed by atoms with Gasteiger partial charge in [-0.15, -0.1) is 0 Å². The zero-order valence-corrected chi connectivity index (χ0v) is 25.8. The maximum absolute atomic E-state index is 13.7. The van der Waals surface area contributed by atoms with Crippen LogP contribution in [0.25, 0.3) is 22.5 Å². The summed E-state index contributed by atoms with van der Waals surface area (Å²) in [7, 11) is 1.75. The van der Waals surface area contributed by atoms with Gasteiger partial charge in [0.15, 0.2) is 0 Å². The van der Waals surface area contributed by atoms with Crippen LogP contribution in [0.2, 0.25) is 6.04 Å². The number of hydrogen-bond donors (Lipinski definition) is 0. The van der Waals surface area contributed by atoms with Gasteiger partial charge in [-0.1, -0.05) is 30.3 Å². The maximum Gasteiger partial charge on any atom is 0.340 e. The smallest absolute Gasteiger partial charge is 0.340 e. The average molecular weight is 610 g/mol. The summed E-state index contributed by atoms with van der Waals surface area (Å²) in [6.45, 7) is 2.05. The molecule has 0 fully saturated rings. The Kier molecular flexibility index (Phi) is 9.20. The molecule has 2 heterocycles. The number of benzene rings is 3. The SMILES string of the molecule is CC[SiH2]c1cc(C(=O)OC)c(N(c2cccc(-c3ccc(F)cc3)n2)c2cccc(-c3ccc(F)cc3)n2)c(C(=O)OC)c1. The molecular weight excluding hydrogens is 580 g/mol. The molecule has 10 heteroatoms. The van der Waals surface area contributed by atoms with E-state index in [1.54, 1.807) is 77.7 Å². The highest BCUT2D eigenvalue weighted by Gasteiger charge is 2.30. The Hall–Kier alpha value is -5.22. The van der Waals surface area contributed by atoms with Crippen LogP contribution in [0.5, 0.6) is 0 Å². The number of hydrogen-bond acceptors (Lipinski definition) is 7. The van der Waals surface area contributed by atoms with E-state index in [1.165, 1.54) is 38.5 Å². The molecule has 7 nitrogen and oxygen atoms in total. The molecule has 0 unspecified atom stereocenters. The molecule has 0 aliphatic carbocycles. The molecule has 0 amide bonds. The molecule has 3 aromatic carbocycles. The predicted molar refractivity (Wildman–Crippen MR) is 169 cm³/mol. The first-order valence-corrected chi connectivity index (χ1v) is 15.6. The van der Waals surface area contributed by atoms with Gasteiger partial charge in [0.05, 0.1) is 51.9 Å². The molecule has 222 valence electrons. The number of pyridine rings is 2. The summed E-state index contributed by atoms with van der Waals surface area (Å²) < 4.78 is 37.8. The summed E-state index contributed by atoms with van der Waals surface area (Å²) in [5.74, 6) is -1.40. The molecule has 0 atom stereocenters. The van der Waals surface area contributed by atoms with Crippen molar-refractivity contribution in [2.75, 3.05) is 19.1 Å². The Morgan fingerprint density at radius 1 is 0.705 bits per heavy atom. The molecule has 0 bridgehead atoms.